The number of hydrogen-bond donors (Lipinski definition) is 1. The number of hydrogen-bond acceptors (Lipinski definition) is 4. The molecule has 118 valence electrons. The molecule has 0 amide bonds. The van der Waals surface area contributed by atoms with Crippen LogP contribution in [0, 0.1) is 0 Å². The van der Waals surface area contributed by atoms with Crippen molar-refractivity contribution < 1.29 is 14.3 Å². The van der Waals surface area contributed by atoms with E-state index >= 15 is 0 Å². The van der Waals surface area contributed by atoms with Crippen LogP contribution < -0.4 is 5.73 Å². The Morgan fingerprint density at radius 2 is 1.82 bits per heavy atom. The van der Waals surface area contributed by atoms with Gasteiger partial charge in [-0.05, 0) is 51.8 Å². The van der Waals surface area contributed by atoms with Crippen molar-refractivity contribution in [3.8, 4) is 0 Å². The van der Waals surface area contributed by atoms with E-state index < -0.39 is 5.97 Å². The van der Waals surface area contributed by atoms with Crippen LogP contribution in [0.2, 0.25) is 0 Å². The molecule has 0 saturated carbocycles. The summed E-state index contributed by atoms with van der Waals surface area (Å²) >= 11 is 0. The lowest BCUT2D eigenvalue weighted by molar-refractivity contribution is 0.0602. The van der Waals surface area contributed by atoms with Crippen LogP contribution in [0.15, 0.2) is 41.5 Å². The number of ketones is 1. The smallest absolute Gasteiger partial charge is 0.339 e. The molecule has 4 heteroatoms. The first-order valence-electron chi connectivity index (χ1n) is 7.18. The van der Waals surface area contributed by atoms with Crippen LogP contribution >= 0.6 is 0 Å². The van der Waals surface area contributed by atoms with Crippen LogP contribution in [0.1, 0.15) is 54.3 Å². The zero-order chi connectivity index (χ0) is 16.7. The van der Waals surface area contributed by atoms with Crippen molar-refractivity contribution in [3.05, 3.63) is 52.6 Å². The molecule has 0 aromatic heterocycles. The van der Waals surface area contributed by atoms with Crippen LogP contribution in [0.5, 0.6) is 0 Å². The van der Waals surface area contributed by atoms with E-state index in [9.17, 15) is 9.59 Å². The minimum Gasteiger partial charge on any atom is -0.465 e. The first kappa shape index (κ1) is 17.7. The summed E-state index contributed by atoms with van der Waals surface area (Å²) in [6, 6.07) is 4.79. The van der Waals surface area contributed by atoms with Gasteiger partial charge in [-0.25, -0.2) is 4.79 Å². The number of ether oxygens (including phenoxy) is 1. The molecule has 2 N–H and O–H groups in total. The highest BCUT2D eigenvalue weighted by atomic mass is 16.5. The molecule has 0 radical (unpaired) electrons. The van der Waals surface area contributed by atoms with Gasteiger partial charge >= 0.3 is 5.97 Å². The highest BCUT2D eigenvalue weighted by molar-refractivity contribution is 6.11. The topological polar surface area (TPSA) is 69.4 Å². The van der Waals surface area contributed by atoms with Gasteiger partial charge in [-0.15, -0.1) is 0 Å². The van der Waals surface area contributed by atoms with Crippen LogP contribution in [-0.2, 0) is 4.74 Å². The number of rotatable bonds is 6. The number of benzene rings is 1. The van der Waals surface area contributed by atoms with E-state index in [1.54, 1.807) is 24.3 Å². The maximum Gasteiger partial charge on any atom is 0.339 e. The zero-order valence-electron chi connectivity index (χ0n) is 13.6. The zero-order valence-corrected chi connectivity index (χ0v) is 13.6. The van der Waals surface area contributed by atoms with Crippen molar-refractivity contribution >= 4 is 17.4 Å². The largest absolute Gasteiger partial charge is 0.465 e. The lowest BCUT2D eigenvalue weighted by Crippen LogP contribution is -2.10. The first-order chi connectivity index (χ1) is 10.4. The van der Waals surface area contributed by atoms with Gasteiger partial charge in [-0.3, -0.25) is 4.79 Å². The van der Waals surface area contributed by atoms with E-state index in [2.05, 4.69) is 10.8 Å². The summed E-state index contributed by atoms with van der Waals surface area (Å²) in [6.07, 6.45) is 5.42. The van der Waals surface area contributed by atoms with Crippen molar-refractivity contribution in [3.63, 3.8) is 0 Å². The predicted molar refractivity (Wildman–Crippen MR) is 88.9 cm³/mol. The quantitative estimate of drug-likeness (QED) is 0.284. The lowest BCUT2D eigenvalue weighted by atomic mass is 10.0. The molecule has 1 aromatic carbocycles. The van der Waals surface area contributed by atoms with Crippen molar-refractivity contribution in [1.29, 1.82) is 0 Å². The number of para-hydroxylation sites is 1. The number of methoxy groups -OCH3 is 1. The normalized spacial score (nSPS) is 11.0. The fourth-order valence-corrected chi connectivity index (χ4v) is 2.03. The second-order valence-corrected chi connectivity index (χ2v) is 5.43. The first-order valence-corrected chi connectivity index (χ1v) is 7.18. The number of esters is 1. The number of carbonyl (C=O) groups excluding carboxylic acids is 2. The van der Waals surface area contributed by atoms with Gasteiger partial charge < -0.3 is 10.5 Å². The third-order valence-corrected chi connectivity index (χ3v) is 3.25. The van der Waals surface area contributed by atoms with Crippen LogP contribution in [0.3, 0.4) is 0 Å². The Labute approximate surface area is 131 Å². The van der Waals surface area contributed by atoms with Gasteiger partial charge in [0.2, 0.25) is 0 Å². The highest BCUT2D eigenvalue weighted by Crippen LogP contribution is 2.20. The molecule has 0 aliphatic heterocycles. The van der Waals surface area contributed by atoms with Gasteiger partial charge in [-0.1, -0.05) is 23.3 Å². The Hall–Kier alpha value is -2.36. The summed E-state index contributed by atoms with van der Waals surface area (Å²) in [5.41, 5.74) is 8.85. The number of carbonyl (C=O) groups is 2. The standard InChI is InChI=1S/C18H23NO3/c1-12(2)7-5-8-13(3)11-16(20)14-9-6-10-15(17(14)19)18(21)22-4/h6-7,9-11H,5,8,19H2,1-4H3/b13-11+. The Bertz CT molecular complexity index is 623. The maximum atomic E-state index is 12.3. The molecule has 0 unspecified atom stereocenters. The Morgan fingerprint density at radius 3 is 2.41 bits per heavy atom. The minimum absolute atomic E-state index is 0.160. The Morgan fingerprint density at radius 1 is 1.18 bits per heavy atom. The van der Waals surface area contributed by atoms with E-state index in [0.29, 0.717) is 5.56 Å². The summed E-state index contributed by atoms with van der Waals surface area (Å²) in [5, 5.41) is 0. The SMILES string of the molecule is COC(=O)c1cccc(C(=O)/C=C(\C)CCC=C(C)C)c1N. The summed E-state index contributed by atoms with van der Waals surface area (Å²) < 4.78 is 4.66. The van der Waals surface area contributed by atoms with E-state index in [1.807, 2.05) is 20.8 Å². The molecule has 0 bridgehead atoms. The van der Waals surface area contributed by atoms with E-state index in [1.165, 1.54) is 12.7 Å². The fraction of sp³-hybridized carbons (Fsp3) is 0.333. The van der Waals surface area contributed by atoms with Crippen molar-refractivity contribution in [2.24, 2.45) is 0 Å². The highest BCUT2D eigenvalue weighted by Gasteiger charge is 2.16. The Kier molecular flexibility index (Phi) is 6.57. The van der Waals surface area contributed by atoms with E-state index in [0.717, 1.165) is 18.4 Å². The maximum absolute atomic E-state index is 12.3. The van der Waals surface area contributed by atoms with Crippen molar-refractivity contribution in [1.82, 2.24) is 0 Å². The molecule has 0 heterocycles. The lowest BCUT2D eigenvalue weighted by Gasteiger charge is -2.08. The number of nitrogen functional groups attached to an aromatic ring is 1. The number of allylic oxidation sites excluding steroid dienone is 4. The Balaban J connectivity index is 2.94. The van der Waals surface area contributed by atoms with Crippen LogP contribution in [0.25, 0.3) is 0 Å². The van der Waals surface area contributed by atoms with Crippen LogP contribution in [-0.4, -0.2) is 18.9 Å². The summed E-state index contributed by atoms with van der Waals surface area (Å²) in [7, 11) is 1.28. The average Bonchev–Trinajstić information content (AvgIpc) is 2.46. The van der Waals surface area contributed by atoms with E-state index in [4.69, 9.17) is 5.73 Å². The molecule has 0 aliphatic carbocycles. The molecule has 0 saturated heterocycles. The van der Waals surface area contributed by atoms with Gasteiger partial charge in [0.05, 0.1) is 18.4 Å². The van der Waals surface area contributed by atoms with E-state index in [-0.39, 0.29) is 17.0 Å². The second kappa shape index (κ2) is 8.17. The number of nitrogens with two attached hydrogens (primary N) is 1. The van der Waals surface area contributed by atoms with Crippen molar-refractivity contribution in [2.75, 3.05) is 12.8 Å². The second-order valence-electron chi connectivity index (χ2n) is 5.43. The molecule has 1 rings (SSSR count). The van der Waals surface area contributed by atoms with Gasteiger partial charge in [0.15, 0.2) is 5.78 Å². The molecule has 0 aliphatic rings. The molecule has 0 fully saturated rings. The fourth-order valence-electron chi connectivity index (χ4n) is 2.03. The average molecular weight is 301 g/mol. The number of anilines is 1. The summed E-state index contributed by atoms with van der Waals surface area (Å²) in [6.45, 7) is 6.00. The molecule has 0 atom stereocenters. The summed E-state index contributed by atoms with van der Waals surface area (Å²) in [5.74, 6) is -0.741. The monoisotopic (exact) mass is 301 g/mol. The summed E-state index contributed by atoms with van der Waals surface area (Å²) in [4.78, 5) is 23.9. The van der Waals surface area contributed by atoms with Gasteiger partial charge in [0, 0.05) is 5.56 Å². The predicted octanol–water partition coefficient (Wildman–Crippen LogP) is 3.93. The third kappa shape index (κ3) is 4.88. The molecule has 4 nitrogen and oxygen atoms in total. The van der Waals surface area contributed by atoms with Gasteiger partial charge in [-0.2, -0.15) is 0 Å². The molecular formula is C18H23NO3. The molecular weight excluding hydrogens is 278 g/mol. The van der Waals surface area contributed by atoms with Crippen LogP contribution in [0.4, 0.5) is 5.69 Å². The third-order valence-electron chi connectivity index (χ3n) is 3.25. The minimum atomic E-state index is -0.545. The van der Waals surface area contributed by atoms with Gasteiger partial charge in [0.1, 0.15) is 0 Å². The van der Waals surface area contributed by atoms with Gasteiger partial charge in [0.25, 0.3) is 0 Å². The molecule has 0 spiro atoms. The van der Waals surface area contributed by atoms with Crippen molar-refractivity contribution in [2.45, 2.75) is 33.6 Å². The molecule has 1 aromatic rings. The molecule has 22 heavy (non-hydrogen) atoms.